The predicted molar refractivity (Wildman–Crippen MR) is 93.6 cm³/mol. The van der Waals surface area contributed by atoms with Crippen LogP contribution in [0.15, 0.2) is 53.6 Å². The molecule has 146 valence electrons. The Kier molecular flexibility index (Phi) is 5.62. The number of nitrogens with zero attached hydrogens (tertiary/aromatic N) is 2. The Morgan fingerprint density at radius 3 is 2.54 bits per heavy atom. The summed E-state index contributed by atoms with van der Waals surface area (Å²) in [5.74, 6) is -3.19. The third-order valence-corrected chi connectivity index (χ3v) is 4.08. The van der Waals surface area contributed by atoms with Crippen molar-refractivity contribution in [2.24, 2.45) is 11.0 Å². The molecule has 28 heavy (non-hydrogen) atoms. The van der Waals surface area contributed by atoms with Crippen LogP contribution in [0, 0.1) is 11.7 Å². The van der Waals surface area contributed by atoms with E-state index in [0.717, 1.165) is 18.2 Å². The number of hydrogen-bond acceptors (Lipinski definition) is 5. The van der Waals surface area contributed by atoms with Gasteiger partial charge in [0.05, 0.1) is 18.5 Å². The number of amides is 1. The summed E-state index contributed by atoms with van der Waals surface area (Å²) in [6.07, 6.45) is -0.0492. The van der Waals surface area contributed by atoms with Gasteiger partial charge < -0.3 is 9.47 Å². The number of carbonyl (C=O) groups is 2. The Balaban J connectivity index is 1.99. The quantitative estimate of drug-likeness (QED) is 0.578. The van der Waals surface area contributed by atoms with E-state index in [9.17, 15) is 22.8 Å². The van der Waals surface area contributed by atoms with Crippen molar-refractivity contribution in [2.45, 2.75) is 13.0 Å². The van der Waals surface area contributed by atoms with Crippen molar-refractivity contribution >= 4 is 23.3 Å². The molecular formula is C19H15F3N2O4. The number of carbonyl (C=O) groups excluding carboxylic acids is 2. The van der Waals surface area contributed by atoms with Gasteiger partial charge in [0.1, 0.15) is 17.5 Å². The van der Waals surface area contributed by atoms with Crippen molar-refractivity contribution in [2.75, 3.05) is 12.1 Å². The van der Waals surface area contributed by atoms with Gasteiger partial charge in [0.25, 0.3) is 5.91 Å². The van der Waals surface area contributed by atoms with Crippen LogP contribution in [-0.2, 0) is 14.3 Å². The third-order valence-electron chi connectivity index (χ3n) is 4.08. The minimum atomic E-state index is -2.96. The standard InChI is InChI=1S/C19H15F3N2O4/c1-27-18(26)15-10-16(11-5-7-14(8-6-11)28-19(21)22)23-24(17(15)25)13-4-2-3-12(20)9-13/h2-9,15,19H,10H2,1H3. The summed E-state index contributed by atoms with van der Waals surface area (Å²) in [7, 11) is 1.16. The first-order chi connectivity index (χ1) is 13.4. The molecule has 0 N–H and O–H groups in total. The molecule has 1 amide bonds. The summed E-state index contributed by atoms with van der Waals surface area (Å²) in [6.45, 7) is -2.96. The van der Waals surface area contributed by atoms with E-state index >= 15 is 0 Å². The summed E-state index contributed by atoms with van der Waals surface area (Å²) in [6, 6.07) is 10.8. The van der Waals surface area contributed by atoms with E-state index in [4.69, 9.17) is 4.74 Å². The van der Waals surface area contributed by atoms with Crippen LogP contribution in [0.2, 0.25) is 0 Å². The lowest BCUT2D eigenvalue weighted by atomic mass is 9.94. The molecule has 3 rings (SSSR count). The molecule has 0 fully saturated rings. The van der Waals surface area contributed by atoms with E-state index in [2.05, 4.69) is 9.84 Å². The summed E-state index contributed by atoms with van der Waals surface area (Å²) < 4.78 is 47.2. The topological polar surface area (TPSA) is 68.2 Å². The fraction of sp³-hybridized carbons (Fsp3) is 0.211. The molecule has 0 spiro atoms. The molecule has 0 radical (unpaired) electrons. The lowest BCUT2D eigenvalue weighted by Crippen LogP contribution is -2.43. The first-order valence-electron chi connectivity index (χ1n) is 8.19. The normalized spacial score (nSPS) is 16.8. The second-order valence-corrected chi connectivity index (χ2v) is 5.86. The van der Waals surface area contributed by atoms with E-state index in [0.29, 0.717) is 11.3 Å². The molecule has 0 saturated carbocycles. The van der Waals surface area contributed by atoms with Crippen molar-refractivity contribution in [3.8, 4) is 5.75 Å². The molecule has 1 atom stereocenters. The van der Waals surface area contributed by atoms with Gasteiger partial charge in [-0.3, -0.25) is 9.59 Å². The number of methoxy groups -OCH3 is 1. The number of hydrazone groups is 1. The van der Waals surface area contributed by atoms with Crippen LogP contribution < -0.4 is 9.75 Å². The van der Waals surface area contributed by atoms with Crippen LogP contribution in [0.4, 0.5) is 18.9 Å². The van der Waals surface area contributed by atoms with Crippen molar-refractivity contribution in [1.29, 1.82) is 0 Å². The van der Waals surface area contributed by atoms with Crippen LogP contribution in [0.1, 0.15) is 12.0 Å². The maximum absolute atomic E-state index is 13.6. The predicted octanol–water partition coefficient (Wildman–Crippen LogP) is 3.36. The Hall–Kier alpha value is -3.36. The van der Waals surface area contributed by atoms with Crippen LogP contribution in [0.25, 0.3) is 0 Å². The van der Waals surface area contributed by atoms with Gasteiger partial charge in [0.15, 0.2) is 0 Å². The number of esters is 1. The fourth-order valence-corrected chi connectivity index (χ4v) is 2.76. The highest BCUT2D eigenvalue weighted by molar-refractivity contribution is 6.15. The number of ether oxygens (including phenoxy) is 2. The number of alkyl halides is 2. The van der Waals surface area contributed by atoms with Gasteiger partial charge in [-0.2, -0.15) is 18.9 Å². The molecular weight excluding hydrogens is 377 g/mol. The SMILES string of the molecule is COC(=O)C1CC(c2ccc(OC(F)F)cc2)=NN(c2cccc(F)c2)C1=O. The molecule has 9 heteroatoms. The highest BCUT2D eigenvalue weighted by atomic mass is 19.3. The zero-order valence-electron chi connectivity index (χ0n) is 14.6. The third kappa shape index (κ3) is 4.13. The summed E-state index contributed by atoms with van der Waals surface area (Å²) in [5.41, 5.74) is 0.973. The number of rotatable bonds is 5. The highest BCUT2D eigenvalue weighted by Gasteiger charge is 2.38. The maximum atomic E-state index is 13.6. The average molecular weight is 392 g/mol. The van der Waals surface area contributed by atoms with Gasteiger partial charge in [0, 0.05) is 6.42 Å². The summed E-state index contributed by atoms with van der Waals surface area (Å²) in [5, 5.41) is 5.18. The van der Waals surface area contributed by atoms with Crippen LogP contribution in [-0.4, -0.2) is 31.3 Å². The molecule has 2 aromatic rings. The molecule has 0 bridgehead atoms. The molecule has 1 aliphatic heterocycles. The van der Waals surface area contributed by atoms with E-state index in [1.165, 1.54) is 42.5 Å². The zero-order valence-corrected chi connectivity index (χ0v) is 14.6. The van der Waals surface area contributed by atoms with E-state index < -0.39 is 30.2 Å². The van der Waals surface area contributed by atoms with Crippen molar-refractivity contribution in [3.05, 3.63) is 59.9 Å². The van der Waals surface area contributed by atoms with E-state index in [1.807, 2.05) is 0 Å². The molecule has 0 saturated heterocycles. The van der Waals surface area contributed by atoms with Crippen molar-refractivity contribution < 1.29 is 32.2 Å². The second-order valence-electron chi connectivity index (χ2n) is 5.86. The molecule has 1 aliphatic rings. The molecule has 2 aromatic carbocycles. The van der Waals surface area contributed by atoms with Crippen LogP contribution in [0.3, 0.4) is 0 Å². The van der Waals surface area contributed by atoms with Gasteiger partial charge in [0.2, 0.25) is 0 Å². The van der Waals surface area contributed by atoms with Gasteiger partial charge in [-0.05, 0) is 48.0 Å². The minimum Gasteiger partial charge on any atom is -0.468 e. The Morgan fingerprint density at radius 2 is 1.93 bits per heavy atom. The highest BCUT2D eigenvalue weighted by Crippen LogP contribution is 2.28. The summed E-state index contributed by atoms with van der Waals surface area (Å²) >= 11 is 0. The monoisotopic (exact) mass is 392 g/mol. The first kappa shape index (κ1) is 19.4. The lowest BCUT2D eigenvalue weighted by Gasteiger charge is -2.28. The summed E-state index contributed by atoms with van der Waals surface area (Å²) in [4.78, 5) is 24.8. The zero-order chi connectivity index (χ0) is 20.3. The molecule has 0 aromatic heterocycles. The number of halogens is 3. The number of hydrogen-bond donors (Lipinski definition) is 0. The Labute approximate surface area is 158 Å². The van der Waals surface area contributed by atoms with Gasteiger partial charge >= 0.3 is 12.6 Å². The van der Waals surface area contributed by atoms with Gasteiger partial charge in [-0.25, -0.2) is 4.39 Å². The van der Waals surface area contributed by atoms with Crippen LogP contribution in [0.5, 0.6) is 5.75 Å². The van der Waals surface area contributed by atoms with E-state index in [1.54, 1.807) is 0 Å². The average Bonchev–Trinajstić information content (AvgIpc) is 2.68. The van der Waals surface area contributed by atoms with Crippen molar-refractivity contribution in [1.82, 2.24) is 0 Å². The number of benzene rings is 2. The minimum absolute atomic E-state index is 0.0438. The molecule has 1 heterocycles. The first-order valence-corrected chi connectivity index (χ1v) is 8.19. The van der Waals surface area contributed by atoms with Crippen molar-refractivity contribution in [3.63, 3.8) is 0 Å². The van der Waals surface area contributed by atoms with E-state index in [-0.39, 0.29) is 17.9 Å². The second kappa shape index (κ2) is 8.12. The van der Waals surface area contributed by atoms with Gasteiger partial charge in [-0.15, -0.1) is 0 Å². The Morgan fingerprint density at radius 1 is 1.21 bits per heavy atom. The molecule has 0 aliphatic carbocycles. The number of anilines is 1. The Bertz CT molecular complexity index is 916. The van der Waals surface area contributed by atoms with Gasteiger partial charge in [-0.1, -0.05) is 6.07 Å². The lowest BCUT2D eigenvalue weighted by molar-refractivity contribution is -0.149. The smallest absolute Gasteiger partial charge is 0.387 e. The van der Waals surface area contributed by atoms with Crippen LogP contribution >= 0.6 is 0 Å². The largest absolute Gasteiger partial charge is 0.468 e. The molecule has 1 unspecified atom stereocenters. The fourth-order valence-electron chi connectivity index (χ4n) is 2.76. The molecule has 6 nitrogen and oxygen atoms in total. The maximum Gasteiger partial charge on any atom is 0.387 e.